The van der Waals surface area contributed by atoms with Crippen LogP contribution in [0.3, 0.4) is 0 Å². The summed E-state index contributed by atoms with van der Waals surface area (Å²) in [6.45, 7) is 7.21. The van der Waals surface area contributed by atoms with Crippen molar-refractivity contribution in [3.05, 3.63) is 28.6 Å². The van der Waals surface area contributed by atoms with Crippen LogP contribution < -0.4 is 5.32 Å². The van der Waals surface area contributed by atoms with Gasteiger partial charge >= 0.3 is 0 Å². The lowest BCUT2D eigenvalue weighted by atomic mass is 10.1. The van der Waals surface area contributed by atoms with E-state index in [1.165, 1.54) is 0 Å². The minimum Gasteiger partial charge on any atom is -0.461 e. The fourth-order valence-corrected chi connectivity index (χ4v) is 2.30. The second-order valence-corrected chi connectivity index (χ2v) is 5.56. The number of nitrogens with one attached hydrogen (secondary N) is 1. The fourth-order valence-electron chi connectivity index (χ4n) is 1.82. The van der Waals surface area contributed by atoms with Crippen LogP contribution in [0.25, 0.3) is 11.6 Å². The first-order valence-corrected chi connectivity index (χ1v) is 7.25. The summed E-state index contributed by atoms with van der Waals surface area (Å²) < 4.78 is 6.33. The van der Waals surface area contributed by atoms with Gasteiger partial charge in [-0.15, -0.1) is 0 Å². The molecule has 0 aliphatic carbocycles. The van der Waals surface area contributed by atoms with E-state index < -0.39 is 0 Å². The highest BCUT2D eigenvalue weighted by Gasteiger charge is 2.15. The van der Waals surface area contributed by atoms with Crippen LogP contribution in [0.15, 0.2) is 27.3 Å². The Bertz CT molecular complexity index is 538. The van der Waals surface area contributed by atoms with Crippen molar-refractivity contribution in [3.63, 3.8) is 0 Å². The van der Waals surface area contributed by atoms with Crippen LogP contribution in [0.5, 0.6) is 0 Å². The maximum absolute atomic E-state index is 5.38. The molecule has 5 heteroatoms. The molecule has 0 radical (unpaired) electrons. The van der Waals surface area contributed by atoms with Gasteiger partial charge in [0.25, 0.3) is 0 Å². The molecular weight excluding hydrogens is 306 g/mol. The summed E-state index contributed by atoms with van der Waals surface area (Å²) in [5, 5.41) is 3.25. The number of hydrogen-bond acceptors (Lipinski definition) is 4. The van der Waals surface area contributed by atoms with Crippen molar-refractivity contribution in [1.29, 1.82) is 0 Å². The van der Waals surface area contributed by atoms with Gasteiger partial charge in [0.2, 0.25) is 0 Å². The summed E-state index contributed by atoms with van der Waals surface area (Å²) in [6, 6.07) is 3.72. The molecule has 2 aromatic heterocycles. The zero-order valence-electron chi connectivity index (χ0n) is 11.4. The van der Waals surface area contributed by atoms with Crippen molar-refractivity contribution >= 4 is 21.7 Å². The summed E-state index contributed by atoms with van der Waals surface area (Å²) in [4.78, 5) is 9.12. The lowest BCUT2D eigenvalue weighted by molar-refractivity contribution is 0.575. The molecule has 102 valence electrons. The Labute approximate surface area is 121 Å². The molecule has 0 amide bonds. The molecule has 1 N–H and O–H groups in total. The molecule has 0 bridgehead atoms. The van der Waals surface area contributed by atoms with Crippen LogP contribution in [-0.4, -0.2) is 16.5 Å². The van der Waals surface area contributed by atoms with Gasteiger partial charge in [-0.3, -0.25) is 0 Å². The van der Waals surface area contributed by atoms with E-state index in [2.05, 4.69) is 45.1 Å². The lowest BCUT2D eigenvalue weighted by Gasteiger charge is -2.12. The standard InChI is InChI=1S/C14H18BrN3O/c1-4-16-14-12(15)10(8-9(2)3)17-13(18-14)11-6-5-7-19-11/h5-7,9H,4,8H2,1-3H3,(H,16,17,18). The first kappa shape index (κ1) is 14.1. The molecule has 0 aliphatic heterocycles. The second kappa shape index (κ2) is 6.19. The van der Waals surface area contributed by atoms with Gasteiger partial charge in [-0.05, 0) is 47.3 Å². The van der Waals surface area contributed by atoms with Crippen LogP contribution in [0, 0.1) is 5.92 Å². The summed E-state index contributed by atoms with van der Waals surface area (Å²) in [5.74, 6) is 2.67. The van der Waals surface area contributed by atoms with E-state index >= 15 is 0 Å². The lowest BCUT2D eigenvalue weighted by Crippen LogP contribution is -2.07. The van der Waals surface area contributed by atoms with Gasteiger partial charge in [-0.25, -0.2) is 9.97 Å². The number of rotatable bonds is 5. The second-order valence-electron chi connectivity index (χ2n) is 4.76. The third-order valence-electron chi connectivity index (χ3n) is 2.61. The predicted molar refractivity (Wildman–Crippen MR) is 80.1 cm³/mol. The highest BCUT2D eigenvalue weighted by Crippen LogP contribution is 2.28. The first-order valence-electron chi connectivity index (χ1n) is 6.46. The molecule has 0 aromatic carbocycles. The van der Waals surface area contributed by atoms with Gasteiger partial charge in [0, 0.05) is 6.54 Å². The van der Waals surface area contributed by atoms with Crippen LogP contribution in [-0.2, 0) is 6.42 Å². The Hall–Kier alpha value is -1.36. The maximum Gasteiger partial charge on any atom is 0.197 e. The van der Waals surface area contributed by atoms with Crippen molar-refractivity contribution < 1.29 is 4.42 Å². The molecule has 0 fully saturated rings. The van der Waals surface area contributed by atoms with E-state index in [9.17, 15) is 0 Å². The SMILES string of the molecule is CCNc1nc(-c2ccco2)nc(CC(C)C)c1Br. The van der Waals surface area contributed by atoms with Crippen LogP contribution in [0.4, 0.5) is 5.82 Å². The predicted octanol–water partition coefficient (Wildman–Crippen LogP) is 4.13. The number of aromatic nitrogens is 2. The Kier molecular flexibility index (Phi) is 4.58. The van der Waals surface area contributed by atoms with Gasteiger partial charge in [-0.2, -0.15) is 0 Å². The quantitative estimate of drug-likeness (QED) is 0.898. The average molecular weight is 324 g/mol. The summed E-state index contributed by atoms with van der Waals surface area (Å²) in [6.07, 6.45) is 2.53. The minimum atomic E-state index is 0.533. The molecule has 0 atom stereocenters. The topological polar surface area (TPSA) is 51.0 Å². The Morgan fingerprint density at radius 2 is 2.16 bits per heavy atom. The molecular formula is C14H18BrN3O. The van der Waals surface area contributed by atoms with E-state index in [1.54, 1.807) is 6.26 Å². The van der Waals surface area contributed by atoms with Gasteiger partial charge in [-0.1, -0.05) is 13.8 Å². The van der Waals surface area contributed by atoms with Crippen molar-refractivity contribution in [3.8, 4) is 11.6 Å². The van der Waals surface area contributed by atoms with Crippen molar-refractivity contribution in [1.82, 2.24) is 9.97 Å². The molecule has 0 unspecified atom stereocenters. The third-order valence-corrected chi connectivity index (χ3v) is 3.44. The number of hydrogen-bond donors (Lipinski definition) is 1. The number of halogens is 1. The smallest absolute Gasteiger partial charge is 0.197 e. The monoisotopic (exact) mass is 323 g/mol. The zero-order valence-corrected chi connectivity index (χ0v) is 13.0. The molecule has 2 heterocycles. The van der Waals surface area contributed by atoms with Crippen molar-refractivity contribution in [2.45, 2.75) is 27.2 Å². The number of anilines is 1. The van der Waals surface area contributed by atoms with E-state index in [1.807, 2.05) is 19.1 Å². The fraction of sp³-hybridized carbons (Fsp3) is 0.429. The highest BCUT2D eigenvalue weighted by atomic mass is 79.9. The van der Waals surface area contributed by atoms with Crippen molar-refractivity contribution in [2.75, 3.05) is 11.9 Å². The Morgan fingerprint density at radius 1 is 1.37 bits per heavy atom. The third kappa shape index (κ3) is 3.35. The van der Waals surface area contributed by atoms with E-state index in [0.29, 0.717) is 17.5 Å². The van der Waals surface area contributed by atoms with Gasteiger partial charge < -0.3 is 9.73 Å². The molecule has 2 aromatic rings. The molecule has 0 spiro atoms. The molecule has 19 heavy (non-hydrogen) atoms. The summed E-state index contributed by atoms with van der Waals surface area (Å²) in [7, 11) is 0. The normalized spacial score (nSPS) is 11.0. The van der Waals surface area contributed by atoms with Crippen molar-refractivity contribution in [2.24, 2.45) is 5.92 Å². The number of furan rings is 1. The van der Waals surface area contributed by atoms with Crippen LogP contribution in [0.1, 0.15) is 26.5 Å². The Balaban J connectivity index is 2.47. The van der Waals surface area contributed by atoms with Crippen LogP contribution in [0.2, 0.25) is 0 Å². The van der Waals surface area contributed by atoms with E-state index in [4.69, 9.17) is 4.42 Å². The molecule has 2 rings (SSSR count). The van der Waals surface area contributed by atoms with Crippen LogP contribution >= 0.6 is 15.9 Å². The summed E-state index contributed by atoms with van der Waals surface area (Å²) >= 11 is 3.59. The number of nitrogens with zero attached hydrogens (tertiary/aromatic N) is 2. The molecule has 0 aliphatic rings. The van der Waals surface area contributed by atoms with E-state index in [-0.39, 0.29) is 0 Å². The Morgan fingerprint density at radius 3 is 2.74 bits per heavy atom. The van der Waals surface area contributed by atoms with E-state index in [0.717, 1.165) is 29.0 Å². The zero-order chi connectivity index (χ0) is 13.8. The molecule has 0 saturated heterocycles. The first-order chi connectivity index (χ1) is 9.11. The van der Waals surface area contributed by atoms with Gasteiger partial charge in [0.05, 0.1) is 16.4 Å². The minimum absolute atomic E-state index is 0.533. The van der Waals surface area contributed by atoms with Gasteiger partial charge in [0.1, 0.15) is 5.82 Å². The largest absolute Gasteiger partial charge is 0.461 e. The highest BCUT2D eigenvalue weighted by molar-refractivity contribution is 9.10. The average Bonchev–Trinajstić information content (AvgIpc) is 2.87. The maximum atomic E-state index is 5.38. The van der Waals surface area contributed by atoms with Gasteiger partial charge in [0.15, 0.2) is 11.6 Å². The molecule has 4 nitrogen and oxygen atoms in total. The molecule has 0 saturated carbocycles. The summed E-state index contributed by atoms with van der Waals surface area (Å²) in [5.41, 5.74) is 1.01.